The van der Waals surface area contributed by atoms with Gasteiger partial charge in [-0.1, -0.05) is 12.1 Å². The number of benzene rings is 2. The Balaban J connectivity index is 1.21. The first kappa shape index (κ1) is 18.3. The van der Waals surface area contributed by atoms with Gasteiger partial charge in [-0.2, -0.15) is 0 Å². The van der Waals surface area contributed by atoms with E-state index in [1.807, 2.05) is 24.3 Å². The van der Waals surface area contributed by atoms with Crippen LogP contribution in [0.5, 0.6) is 5.75 Å². The van der Waals surface area contributed by atoms with Crippen molar-refractivity contribution in [2.45, 2.75) is 25.4 Å². The molecule has 0 spiro atoms. The van der Waals surface area contributed by atoms with Crippen molar-refractivity contribution in [3.63, 3.8) is 0 Å². The van der Waals surface area contributed by atoms with Gasteiger partial charge >= 0.3 is 0 Å². The van der Waals surface area contributed by atoms with Gasteiger partial charge in [0, 0.05) is 18.8 Å². The third-order valence-electron chi connectivity index (χ3n) is 5.71. The van der Waals surface area contributed by atoms with Crippen LogP contribution in [-0.4, -0.2) is 49.0 Å². The van der Waals surface area contributed by atoms with Crippen molar-refractivity contribution >= 4 is 5.69 Å². The summed E-state index contributed by atoms with van der Waals surface area (Å²) < 4.78 is 19.0. The van der Waals surface area contributed by atoms with Gasteiger partial charge in [0.1, 0.15) is 18.3 Å². The molecule has 2 saturated heterocycles. The molecule has 0 amide bonds. The van der Waals surface area contributed by atoms with E-state index in [-0.39, 0.29) is 11.9 Å². The molecule has 1 N–H and O–H groups in total. The predicted molar refractivity (Wildman–Crippen MR) is 104 cm³/mol. The van der Waals surface area contributed by atoms with Crippen LogP contribution in [-0.2, 0) is 11.2 Å². The zero-order valence-electron chi connectivity index (χ0n) is 15.6. The van der Waals surface area contributed by atoms with Crippen LogP contribution in [0.2, 0.25) is 0 Å². The number of hydrogen-bond donors (Lipinski definition) is 1. The second-order valence-electron chi connectivity index (χ2n) is 7.73. The molecule has 5 heteroatoms. The van der Waals surface area contributed by atoms with Crippen molar-refractivity contribution in [3.05, 3.63) is 59.9 Å². The summed E-state index contributed by atoms with van der Waals surface area (Å²) in [5.41, 5.74) is 2.33. The summed E-state index contributed by atoms with van der Waals surface area (Å²) in [6.45, 7) is 4.67. The molecular formula is C22H27FN2O2. The largest absolute Gasteiger partial charge is 0.508 e. The summed E-state index contributed by atoms with van der Waals surface area (Å²) in [7, 11) is 0. The Hall–Kier alpha value is -2.11. The highest BCUT2D eigenvalue weighted by Gasteiger charge is 2.27. The van der Waals surface area contributed by atoms with Crippen LogP contribution < -0.4 is 4.90 Å². The molecule has 0 radical (unpaired) electrons. The molecular weight excluding hydrogens is 343 g/mol. The molecule has 2 fully saturated rings. The lowest BCUT2D eigenvalue weighted by Crippen LogP contribution is -2.40. The molecule has 0 aliphatic carbocycles. The van der Waals surface area contributed by atoms with Crippen LogP contribution in [0.25, 0.3) is 0 Å². The van der Waals surface area contributed by atoms with Crippen LogP contribution in [0.4, 0.5) is 10.1 Å². The highest BCUT2D eigenvalue weighted by atomic mass is 19.1. The number of ether oxygens (including phenoxy) is 1. The first-order valence-corrected chi connectivity index (χ1v) is 9.78. The lowest BCUT2D eigenvalue weighted by Gasteiger charge is -2.33. The maximum absolute atomic E-state index is 13.0. The Kier molecular flexibility index (Phi) is 5.60. The number of piperidine rings is 1. The highest BCUT2D eigenvalue weighted by molar-refractivity contribution is 5.49. The first-order chi connectivity index (χ1) is 13.2. The highest BCUT2D eigenvalue weighted by Crippen LogP contribution is 2.25. The number of halogens is 1. The van der Waals surface area contributed by atoms with Crippen molar-refractivity contribution in [1.29, 1.82) is 0 Å². The molecule has 2 heterocycles. The van der Waals surface area contributed by atoms with Gasteiger partial charge in [0.2, 0.25) is 0 Å². The fraction of sp³-hybridized carbons (Fsp3) is 0.455. The first-order valence-electron chi connectivity index (χ1n) is 9.78. The number of phenolic OH excluding ortho intramolecular Hbond substituents is 1. The Bertz CT molecular complexity index is 727. The van der Waals surface area contributed by atoms with Crippen molar-refractivity contribution in [1.82, 2.24) is 4.90 Å². The quantitative estimate of drug-likeness (QED) is 0.872. The minimum atomic E-state index is -0.161. The number of rotatable bonds is 5. The van der Waals surface area contributed by atoms with Gasteiger partial charge in [0.15, 0.2) is 0 Å². The molecule has 4 nitrogen and oxygen atoms in total. The third kappa shape index (κ3) is 4.79. The molecule has 4 rings (SSSR count). The number of phenols is 1. The van der Waals surface area contributed by atoms with E-state index in [4.69, 9.17) is 4.74 Å². The average molecular weight is 370 g/mol. The molecule has 2 aromatic carbocycles. The van der Waals surface area contributed by atoms with Crippen LogP contribution in [0, 0.1) is 11.7 Å². The summed E-state index contributed by atoms with van der Waals surface area (Å²) in [6.07, 6.45) is 3.65. The van der Waals surface area contributed by atoms with Crippen molar-refractivity contribution < 1.29 is 14.2 Å². The molecule has 2 aromatic rings. The third-order valence-corrected chi connectivity index (χ3v) is 5.71. The van der Waals surface area contributed by atoms with E-state index < -0.39 is 0 Å². The van der Waals surface area contributed by atoms with Crippen LogP contribution in [0.1, 0.15) is 18.4 Å². The zero-order valence-corrected chi connectivity index (χ0v) is 15.6. The smallest absolute Gasteiger partial charge is 0.123 e. The summed E-state index contributed by atoms with van der Waals surface area (Å²) in [4.78, 5) is 4.72. The molecule has 2 aliphatic heterocycles. The summed E-state index contributed by atoms with van der Waals surface area (Å²) >= 11 is 0. The van der Waals surface area contributed by atoms with E-state index in [0.717, 1.165) is 38.3 Å². The van der Waals surface area contributed by atoms with Gasteiger partial charge in [0.05, 0.1) is 6.10 Å². The fourth-order valence-corrected chi connectivity index (χ4v) is 4.12. The summed E-state index contributed by atoms with van der Waals surface area (Å²) in [6, 6.07) is 14.2. The maximum Gasteiger partial charge on any atom is 0.123 e. The Morgan fingerprint density at radius 2 is 1.70 bits per heavy atom. The average Bonchev–Trinajstić information content (AvgIpc) is 3.14. The standard InChI is InChI=1S/C22H27FN2O2/c23-19-3-1-17(2-4-19)13-18-9-11-24(12-10-18)14-22-15-25(16-27-22)20-5-7-21(26)8-6-20/h1-8,18,22,26H,9-16H2/t22-/m0/s1. The van der Waals surface area contributed by atoms with E-state index in [1.165, 1.54) is 18.4 Å². The van der Waals surface area contributed by atoms with Crippen LogP contribution in [0.3, 0.4) is 0 Å². The topological polar surface area (TPSA) is 35.9 Å². The van der Waals surface area contributed by atoms with E-state index >= 15 is 0 Å². The van der Waals surface area contributed by atoms with Crippen LogP contribution >= 0.6 is 0 Å². The molecule has 27 heavy (non-hydrogen) atoms. The van der Waals surface area contributed by atoms with Crippen molar-refractivity contribution in [3.8, 4) is 5.75 Å². The van der Waals surface area contributed by atoms with E-state index in [0.29, 0.717) is 18.4 Å². The predicted octanol–water partition coefficient (Wildman–Crippen LogP) is 3.65. The molecule has 0 saturated carbocycles. The Morgan fingerprint density at radius 3 is 2.41 bits per heavy atom. The number of hydrogen-bond acceptors (Lipinski definition) is 4. The summed E-state index contributed by atoms with van der Waals surface area (Å²) in [5, 5.41) is 9.42. The lowest BCUT2D eigenvalue weighted by atomic mass is 9.90. The maximum atomic E-state index is 13.0. The molecule has 144 valence electrons. The number of aromatic hydroxyl groups is 1. The van der Waals surface area contributed by atoms with Gasteiger partial charge in [-0.25, -0.2) is 4.39 Å². The molecule has 0 unspecified atom stereocenters. The van der Waals surface area contributed by atoms with Crippen molar-refractivity contribution in [2.24, 2.45) is 5.92 Å². The Labute approximate surface area is 160 Å². The summed E-state index contributed by atoms with van der Waals surface area (Å²) in [5.74, 6) is 0.815. The zero-order chi connectivity index (χ0) is 18.6. The van der Waals surface area contributed by atoms with Crippen molar-refractivity contribution in [2.75, 3.05) is 37.8 Å². The van der Waals surface area contributed by atoms with Gasteiger partial charge in [-0.05, 0) is 80.2 Å². The monoisotopic (exact) mass is 370 g/mol. The van der Waals surface area contributed by atoms with E-state index in [2.05, 4.69) is 9.80 Å². The lowest BCUT2D eigenvalue weighted by molar-refractivity contribution is 0.0645. The fourth-order valence-electron chi connectivity index (χ4n) is 4.12. The molecule has 2 aliphatic rings. The van der Waals surface area contributed by atoms with Gasteiger partial charge in [-0.15, -0.1) is 0 Å². The van der Waals surface area contributed by atoms with E-state index in [9.17, 15) is 9.50 Å². The van der Waals surface area contributed by atoms with Gasteiger partial charge < -0.3 is 19.6 Å². The SMILES string of the molecule is Oc1ccc(N2CO[C@@H](CN3CCC(Cc4ccc(F)cc4)CC3)C2)cc1. The number of likely N-dealkylation sites (tertiary alicyclic amines) is 1. The minimum absolute atomic E-state index is 0.161. The van der Waals surface area contributed by atoms with Gasteiger partial charge in [-0.3, -0.25) is 0 Å². The van der Waals surface area contributed by atoms with Gasteiger partial charge in [0.25, 0.3) is 0 Å². The molecule has 0 aromatic heterocycles. The normalized spacial score (nSPS) is 21.7. The molecule has 0 bridgehead atoms. The number of anilines is 1. The second kappa shape index (κ2) is 8.28. The van der Waals surface area contributed by atoms with E-state index in [1.54, 1.807) is 24.3 Å². The Morgan fingerprint density at radius 1 is 1.00 bits per heavy atom. The number of nitrogens with zero attached hydrogens (tertiary/aromatic N) is 2. The minimum Gasteiger partial charge on any atom is -0.508 e. The molecule has 1 atom stereocenters. The van der Waals surface area contributed by atoms with Crippen LogP contribution in [0.15, 0.2) is 48.5 Å². The second-order valence-corrected chi connectivity index (χ2v) is 7.73.